The molecule has 0 radical (unpaired) electrons. The molecule has 0 saturated carbocycles. The summed E-state index contributed by atoms with van der Waals surface area (Å²) in [6, 6.07) is 0. The van der Waals surface area contributed by atoms with Gasteiger partial charge in [-0.15, -0.1) is 0 Å². The summed E-state index contributed by atoms with van der Waals surface area (Å²) in [7, 11) is 0. The van der Waals surface area contributed by atoms with Gasteiger partial charge in [0.2, 0.25) is 0 Å². The molecule has 0 N–H and O–H groups in total. The Kier molecular flexibility index (Phi) is 6.33. The van der Waals surface area contributed by atoms with Crippen LogP contribution >= 0.6 is 0 Å². The molecule has 0 saturated heterocycles. The molecule has 0 spiro atoms. The monoisotopic (exact) mass is 400 g/mol. The van der Waals surface area contributed by atoms with Gasteiger partial charge < -0.3 is 9.47 Å². The van der Waals surface area contributed by atoms with Crippen molar-refractivity contribution in [2.24, 2.45) is 23.7 Å². The Morgan fingerprint density at radius 1 is 0.828 bits per heavy atom. The van der Waals surface area contributed by atoms with Crippen molar-refractivity contribution in [3.05, 3.63) is 34.3 Å². The summed E-state index contributed by atoms with van der Waals surface area (Å²) in [6.45, 7) is 20.2. The van der Waals surface area contributed by atoms with Crippen LogP contribution in [0.5, 0.6) is 0 Å². The fraction of sp³-hybridized carbons (Fsp3) is 0.778. The summed E-state index contributed by atoms with van der Waals surface area (Å²) in [5.74, 6) is 5.47. The van der Waals surface area contributed by atoms with Crippen LogP contribution in [0.3, 0.4) is 0 Å². The van der Waals surface area contributed by atoms with Gasteiger partial charge in [0.05, 0.1) is 11.5 Å². The van der Waals surface area contributed by atoms with Crippen molar-refractivity contribution in [2.45, 2.75) is 112 Å². The lowest BCUT2D eigenvalue weighted by Gasteiger charge is -2.47. The van der Waals surface area contributed by atoms with E-state index in [1.807, 2.05) is 0 Å². The molecule has 0 aromatic rings. The molecule has 29 heavy (non-hydrogen) atoms. The number of ether oxygens (including phenoxy) is 2. The smallest absolute Gasteiger partial charge is 0.106 e. The van der Waals surface area contributed by atoms with Gasteiger partial charge in [-0.25, -0.2) is 0 Å². The Morgan fingerprint density at radius 3 is 1.90 bits per heavy atom. The van der Waals surface area contributed by atoms with E-state index in [4.69, 9.17) is 9.47 Å². The average molecular weight is 401 g/mol. The Morgan fingerprint density at radius 2 is 1.34 bits per heavy atom. The average Bonchev–Trinajstić information content (AvgIpc) is 2.66. The van der Waals surface area contributed by atoms with E-state index >= 15 is 0 Å². The molecule has 2 heteroatoms. The fourth-order valence-corrected chi connectivity index (χ4v) is 5.26. The van der Waals surface area contributed by atoms with Gasteiger partial charge in [0.1, 0.15) is 11.2 Å². The van der Waals surface area contributed by atoms with Crippen molar-refractivity contribution in [1.29, 1.82) is 0 Å². The Labute approximate surface area is 179 Å². The van der Waals surface area contributed by atoms with E-state index < -0.39 is 0 Å². The van der Waals surface area contributed by atoms with Gasteiger partial charge in [0.25, 0.3) is 0 Å². The minimum Gasteiger partial charge on any atom is -0.492 e. The fourth-order valence-electron chi connectivity index (χ4n) is 5.26. The molecule has 0 aromatic heterocycles. The topological polar surface area (TPSA) is 18.5 Å². The zero-order valence-electron chi connectivity index (χ0n) is 20.4. The van der Waals surface area contributed by atoms with Crippen molar-refractivity contribution < 1.29 is 9.47 Å². The first kappa shape index (κ1) is 22.5. The second-order valence-electron chi connectivity index (χ2n) is 11.2. The standard InChI is InChI=1S/C16H26O.C11H18O/c1-11(2)7-6-9-16(5)10-8-14-12(3)13(4)15(14)17-16;1-7-8(2)10-9(7)5-6-11(3,4)12-10/h7,12-13H,6,8-10H2,1-5H3;7-8H,5-6H2,1-4H3. The first-order chi connectivity index (χ1) is 13.4. The molecule has 164 valence electrons. The molecule has 0 fully saturated rings. The van der Waals surface area contributed by atoms with Gasteiger partial charge in [-0.3, -0.25) is 0 Å². The largest absolute Gasteiger partial charge is 0.492 e. The third-order valence-corrected chi connectivity index (χ3v) is 7.95. The highest BCUT2D eigenvalue weighted by atomic mass is 16.5. The zero-order chi connectivity index (χ0) is 21.6. The van der Waals surface area contributed by atoms with Gasteiger partial charge in [0.15, 0.2) is 0 Å². The van der Waals surface area contributed by atoms with Crippen LogP contribution < -0.4 is 0 Å². The molecule has 2 aliphatic carbocycles. The molecule has 5 unspecified atom stereocenters. The van der Waals surface area contributed by atoms with Gasteiger partial charge in [-0.05, 0) is 96.1 Å². The second kappa shape index (κ2) is 8.16. The number of hydrogen-bond donors (Lipinski definition) is 0. The molecule has 2 nitrogen and oxygen atoms in total. The predicted octanol–water partition coefficient (Wildman–Crippen LogP) is 7.96. The lowest BCUT2D eigenvalue weighted by molar-refractivity contribution is -0.0468. The van der Waals surface area contributed by atoms with E-state index in [0.29, 0.717) is 11.8 Å². The van der Waals surface area contributed by atoms with E-state index in [9.17, 15) is 0 Å². The summed E-state index contributed by atoms with van der Waals surface area (Å²) >= 11 is 0. The molecule has 2 heterocycles. The van der Waals surface area contributed by atoms with Crippen molar-refractivity contribution in [2.75, 3.05) is 0 Å². The van der Waals surface area contributed by atoms with Gasteiger partial charge >= 0.3 is 0 Å². The second-order valence-corrected chi connectivity index (χ2v) is 11.2. The van der Waals surface area contributed by atoms with Crippen molar-refractivity contribution in [3.63, 3.8) is 0 Å². The molecule has 0 bridgehead atoms. The Balaban J connectivity index is 0.000000176. The van der Waals surface area contributed by atoms with E-state index in [-0.39, 0.29) is 11.2 Å². The van der Waals surface area contributed by atoms with E-state index in [2.05, 4.69) is 68.4 Å². The molecule has 0 aromatic carbocycles. The van der Waals surface area contributed by atoms with Crippen molar-refractivity contribution in [1.82, 2.24) is 0 Å². The van der Waals surface area contributed by atoms with E-state index in [1.54, 1.807) is 11.1 Å². The summed E-state index contributed by atoms with van der Waals surface area (Å²) in [4.78, 5) is 0. The normalized spacial score (nSPS) is 36.9. The minimum atomic E-state index is 0.0825. The highest BCUT2D eigenvalue weighted by molar-refractivity contribution is 5.30. The lowest BCUT2D eigenvalue weighted by atomic mass is 9.69. The van der Waals surface area contributed by atoms with Gasteiger partial charge in [-0.1, -0.05) is 39.3 Å². The van der Waals surface area contributed by atoms with Crippen molar-refractivity contribution in [3.8, 4) is 0 Å². The van der Waals surface area contributed by atoms with Crippen LogP contribution in [-0.4, -0.2) is 11.2 Å². The van der Waals surface area contributed by atoms with Crippen LogP contribution in [0.2, 0.25) is 0 Å². The van der Waals surface area contributed by atoms with Crippen LogP contribution in [0.15, 0.2) is 34.3 Å². The number of allylic oxidation sites excluding steroid dienone is 6. The third-order valence-electron chi connectivity index (χ3n) is 7.95. The molecule has 4 aliphatic rings. The number of hydrogen-bond acceptors (Lipinski definition) is 2. The maximum absolute atomic E-state index is 6.29. The summed E-state index contributed by atoms with van der Waals surface area (Å²) in [5.41, 5.74) is 4.76. The Bertz CT molecular complexity index is 719. The van der Waals surface area contributed by atoms with Gasteiger partial charge in [0, 0.05) is 11.8 Å². The van der Waals surface area contributed by atoms with Gasteiger partial charge in [-0.2, -0.15) is 0 Å². The molecule has 4 rings (SSSR count). The quantitative estimate of drug-likeness (QED) is 0.447. The van der Waals surface area contributed by atoms with Crippen LogP contribution in [0.25, 0.3) is 0 Å². The molecular formula is C27H44O2. The number of rotatable bonds is 3. The lowest BCUT2D eigenvalue weighted by Crippen LogP contribution is -2.41. The van der Waals surface area contributed by atoms with E-state index in [1.165, 1.54) is 42.8 Å². The molecule has 5 atom stereocenters. The molecule has 0 amide bonds. The maximum atomic E-state index is 6.29. The van der Waals surface area contributed by atoms with E-state index in [0.717, 1.165) is 24.7 Å². The Hall–Kier alpha value is -1.18. The third kappa shape index (κ3) is 4.62. The van der Waals surface area contributed by atoms with Crippen molar-refractivity contribution >= 4 is 0 Å². The molecular weight excluding hydrogens is 356 g/mol. The SMILES string of the molecule is CC(C)=CCCC1(C)CCC2=C(O1)C(C)C2C.CC1C2=C(OC(C)(C)CC2)C1C. The van der Waals surface area contributed by atoms with Crippen LogP contribution in [0, 0.1) is 23.7 Å². The first-order valence-corrected chi connectivity index (χ1v) is 11.9. The highest BCUT2D eigenvalue weighted by Gasteiger charge is 2.44. The van der Waals surface area contributed by atoms with Crippen LogP contribution in [-0.2, 0) is 9.47 Å². The zero-order valence-corrected chi connectivity index (χ0v) is 20.4. The highest BCUT2D eigenvalue weighted by Crippen LogP contribution is 2.51. The molecule has 2 aliphatic heterocycles. The minimum absolute atomic E-state index is 0.0825. The summed E-state index contributed by atoms with van der Waals surface area (Å²) in [5, 5.41) is 0. The predicted molar refractivity (Wildman–Crippen MR) is 122 cm³/mol. The maximum Gasteiger partial charge on any atom is 0.106 e. The van der Waals surface area contributed by atoms with Crippen LogP contribution in [0.4, 0.5) is 0 Å². The summed E-state index contributed by atoms with van der Waals surface area (Å²) < 4.78 is 12.2. The van der Waals surface area contributed by atoms with Crippen LogP contribution in [0.1, 0.15) is 101 Å². The first-order valence-electron chi connectivity index (χ1n) is 11.9. The summed E-state index contributed by atoms with van der Waals surface area (Å²) in [6.07, 6.45) is 9.51.